The number of benzene rings is 1. The number of hydrogen-bond acceptors (Lipinski definition) is 3. The molecule has 15 heavy (non-hydrogen) atoms. The summed E-state index contributed by atoms with van der Waals surface area (Å²) in [6.45, 7) is 3.72. The Hall–Kier alpha value is -1.06. The molecule has 0 heterocycles. The van der Waals surface area contributed by atoms with Crippen LogP contribution in [-0.2, 0) is 4.74 Å². The van der Waals surface area contributed by atoms with Gasteiger partial charge in [-0.3, -0.25) is 0 Å². The Bertz CT molecular complexity index is 289. The Morgan fingerprint density at radius 2 is 2.13 bits per heavy atom. The quantitative estimate of drug-likeness (QED) is 0.727. The highest BCUT2D eigenvalue weighted by atomic mass is 16.5. The van der Waals surface area contributed by atoms with Gasteiger partial charge < -0.3 is 14.8 Å². The van der Waals surface area contributed by atoms with E-state index in [0.29, 0.717) is 6.04 Å². The predicted octanol–water partition coefficient (Wildman–Crippen LogP) is 1.99. The third kappa shape index (κ3) is 3.90. The number of ether oxygens (including phenoxy) is 2. The molecule has 0 amide bonds. The van der Waals surface area contributed by atoms with Crippen molar-refractivity contribution in [3.63, 3.8) is 0 Å². The second-order valence-corrected chi connectivity index (χ2v) is 3.45. The lowest BCUT2D eigenvalue weighted by molar-refractivity contribution is 0.196. The standard InChI is InChI=1S/C12H19NO2/c1-10(13-7-8-14-2)11-5-4-6-12(9-11)15-3/h4-6,9-10,13H,7-8H2,1-3H3/t10-/m1/s1. The van der Waals surface area contributed by atoms with E-state index in [9.17, 15) is 0 Å². The molecule has 0 radical (unpaired) electrons. The van der Waals surface area contributed by atoms with E-state index in [1.54, 1.807) is 14.2 Å². The maximum Gasteiger partial charge on any atom is 0.119 e. The first-order valence-electron chi connectivity index (χ1n) is 5.14. The van der Waals surface area contributed by atoms with Crippen LogP contribution in [-0.4, -0.2) is 27.4 Å². The molecular weight excluding hydrogens is 190 g/mol. The fourth-order valence-electron chi connectivity index (χ4n) is 1.41. The predicted molar refractivity (Wildman–Crippen MR) is 61.3 cm³/mol. The highest BCUT2D eigenvalue weighted by Gasteiger charge is 2.04. The van der Waals surface area contributed by atoms with Crippen molar-refractivity contribution in [2.24, 2.45) is 0 Å². The van der Waals surface area contributed by atoms with Crippen molar-refractivity contribution in [3.8, 4) is 5.75 Å². The molecule has 3 nitrogen and oxygen atoms in total. The van der Waals surface area contributed by atoms with Gasteiger partial charge in [0, 0.05) is 19.7 Å². The van der Waals surface area contributed by atoms with E-state index in [4.69, 9.17) is 9.47 Å². The Kier molecular flexibility index (Phi) is 5.15. The van der Waals surface area contributed by atoms with Gasteiger partial charge in [-0.2, -0.15) is 0 Å². The molecule has 84 valence electrons. The monoisotopic (exact) mass is 209 g/mol. The zero-order valence-electron chi connectivity index (χ0n) is 9.62. The summed E-state index contributed by atoms with van der Waals surface area (Å²) in [5.41, 5.74) is 1.23. The van der Waals surface area contributed by atoms with Crippen LogP contribution in [0, 0.1) is 0 Å². The summed E-state index contributed by atoms with van der Waals surface area (Å²) >= 11 is 0. The van der Waals surface area contributed by atoms with E-state index in [-0.39, 0.29) is 0 Å². The molecule has 1 N–H and O–H groups in total. The van der Waals surface area contributed by atoms with Gasteiger partial charge in [-0.25, -0.2) is 0 Å². The summed E-state index contributed by atoms with van der Waals surface area (Å²) in [5.74, 6) is 0.896. The number of nitrogens with one attached hydrogen (secondary N) is 1. The van der Waals surface area contributed by atoms with E-state index in [1.807, 2.05) is 18.2 Å². The number of rotatable bonds is 6. The van der Waals surface area contributed by atoms with E-state index >= 15 is 0 Å². The Labute approximate surface area is 91.4 Å². The molecule has 1 aromatic rings. The van der Waals surface area contributed by atoms with Gasteiger partial charge in [-0.15, -0.1) is 0 Å². The lowest BCUT2D eigenvalue weighted by Gasteiger charge is -2.14. The molecule has 0 unspecified atom stereocenters. The molecule has 0 spiro atoms. The van der Waals surface area contributed by atoms with Gasteiger partial charge in [-0.1, -0.05) is 12.1 Å². The summed E-state index contributed by atoms with van der Waals surface area (Å²) in [4.78, 5) is 0. The van der Waals surface area contributed by atoms with Crippen LogP contribution in [0.5, 0.6) is 5.75 Å². The van der Waals surface area contributed by atoms with E-state index in [0.717, 1.165) is 18.9 Å². The van der Waals surface area contributed by atoms with Crippen molar-refractivity contribution in [1.29, 1.82) is 0 Å². The smallest absolute Gasteiger partial charge is 0.119 e. The second kappa shape index (κ2) is 6.43. The molecule has 1 atom stereocenters. The Balaban J connectivity index is 2.52. The van der Waals surface area contributed by atoms with Crippen molar-refractivity contribution in [1.82, 2.24) is 5.32 Å². The first-order chi connectivity index (χ1) is 7.27. The van der Waals surface area contributed by atoms with Crippen molar-refractivity contribution < 1.29 is 9.47 Å². The maximum absolute atomic E-state index is 5.18. The lowest BCUT2D eigenvalue weighted by atomic mass is 10.1. The third-order valence-electron chi connectivity index (χ3n) is 2.35. The van der Waals surface area contributed by atoms with Crippen LogP contribution in [0.25, 0.3) is 0 Å². The summed E-state index contributed by atoms with van der Waals surface area (Å²) in [5, 5.41) is 3.37. The maximum atomic E-state index is 5.18. The topological polar surface area (TPSA) is 30.5 Å². The molecule has 0 aromatic heterocycles. The highest BCUT2D eigenvalue weighted by molar-refractivity contribution is 5.30. The van der Waals surface area contributed by atoms with E-state index in [1.165, 1.54) is 5.56 Å². The molecule has 1 rings (SSSR count). The van der Waals surface area contributed by atoms with Gasteiger partial charge in [0.15, 0.2) is 0 Å². The second-order valence-electron chi connectivity index (χ2n) is 3.45. The van der Waals surface area contributed by atoms with Crippen LogP contribution >= 0.6 is 0 Å². The van der Waals surface area contributed by atoms with Gasteiger partial charge in [0.25, 0.3) is 0 Å². The van der Waals surface area contributed by atoms with Gasteiger partial charge in [-0.05, 0) is 24.6 Å². The zero-order chi connectivity index (χ0) is 11.1. The summed E-state index contributed by atoms with van der Waals surface area (Å²) in [7, 11) is 3.39. The largest absolute Gasteiger partial charge is 0.497 e. The first-order valence-corrected chi connectivity index (χ1v) is 5.14. The zero-order valence-corrected chi connectivity index (χ0v) is 9.62. The van der Waals surface area contributed by atoms with Crippen LogP contribution < -0.4 is 10.1 Å². The molecule has 0 bridgehead atoms. The number of hydrogen-bond donors (Lipinski definition) is 1. The van der Waals surface area contributed by atoms with Crippen LogP contribution in [0.4, 0.5) is 0 Å². The van der Waals surface area contributed by atoms with E-state index < -0.39 is 0 Å². The van der Waals surface area contributed by atoms with Gasteiger partial charge in [0.2, 0.25) is 0 Å². The van der Waals surface area contributed by atoms with Crippen LogP contribution in [0.2, 0.25) is 0 Å². The molecule has 0 aliphatic rings. The molecule has 0 fully saturated rings. The molecular formula is C12H19NO2. The normalized spacial score (nSPS) is 12.5. The minimum absolute atomic E-state index is 0.315. The third-order valence-corrected chi connectivity index (χ3v) is 2.35. The molecule has 0 aliphatic carbocycles. The SMILES string of the molecule is COCCN[C@H](C)c1cccc(OC)c1. The first kappa shape index (κ1) is 12.0. The van der Waals surface area contributed by atoms with Crippen LogP contribution in [0.15, 0.2) is 24.3 Å². The minimum atomic E-state index is 0.315. The molecule has 3 heteroatoms. The molecule has 0 aliphatic heterocycles. The molecule has 0 saturated carbocycles. The minimum Gasteiger partial charge on any atom is -0.497 e. The summed E-state index contributed by atoms with van der Waals surface area (Å²) in [6, 6.07) is 8.40. The fourth-order valence-corrected chi connectivity index (χ4v) is 1.41. The van der Waals surface area contributed by atoms with E-state index in [2.05, 4.69) is 18.3 Å². The van der Waals surface area contributed by atoms with Gasteiger partial charge >= 0.3 is 0 Å². The fraction of sp³-hybridized carbons (Fsp3) is 0.500. The molecule has 0 saturated heterocycles. The summed E-state index contributed by atoms with van der Waals surface area (Å²) in [6.07, 6.45) is 0. The lowest BCUT2D eigenvalue weighted by Crippen LogP contribution is -2.22. The van der Waals surface area contributed by atoms with Crippen molar-refractivity contribution >= 4 is 0 Å². The van der Waals surface area contributed by atoms with Crippen molar-refractivity contribution in [2.45, 2.75) is 13.0 Å². The van der Waals surface area contributed by atoms with Crippen LogP contribution in [0.1, 0.15) is 18.5 Å². The van der Waals surface area contributed by atoms with Gasteiger partial charge in [0.1, 0.15) is 5.75 Å². The van der Waals surface area contributed by atoms with Crippen LogP contribution in [0.3, 0.4) is 0 Å². The van der Waals surface area contributed by atoms with Crippen molar-refractivity contribution in [3.05, 3.63) is 29.8 Å². The average molecular weight is 209 g/mol. The Morgan fingerprint density at radius 3 is 2.80 bits per heavy atom. The van der Waals surface area contributed by atoms with Gasteiger partial charge in [0.05, 0.1) is 13.7 Å². The van der Waals surface area contributed by atoms with Crippen molar-refractivity contribution in [2.75, 3.05) is 27.4 Å². The molecule has 1 aromatic carbocycles. The average Bonchev–Trinajstić information content (AvgIpc) is 2.29. The number of methoxy groups -OCH3 is 2. The Morgan fingerprint density at radius 1 is 1.33 bits per heavy atom. The highest BCUT2D eigenvalue weighted by Crippen LogP contribution is 2.18. The summed E-state index contributed by atoms with van der Waals surface area (Å²) < 4.78 is 10.2.